The van der Waals surface area contributed by atoms with Crippen LogP contribution in [0.25, 0.3) is 0 Å². The van der Waals surface area contributed by atoms with Gasteiger partial charge in [0.1, 0.15) is 5.60 Å². The summed E-state index contributed by atoms with van der Waals surface area (Å²) in [6, 6.07) is 0. The van der Waals surface area contributed by atoms with Crippen molar-refractivity contribution in [2.45, 2.75) is 45.6 Å². The van der Waals surface area contributed by atoms with Crippen molar-refractivity contribution >= 4 is 6.09 Å². The lowest BCUT2D eigenvalue weighted by Gasteiger charge is -2.33. The van der Waals surface area contributed by atoms with Crippen molar-refractivity contribution in [2.75, 3.05) is 19.6 Å². The monoisotopic (exact) mass is 254 g/mol. The van der Waals surface area contributed by atoms with E-state index in [1.54, 1.807) is 0 Å². The molecule has 2 fully saturated rings. The summed E-state index contributed by atoms with van der Waals surface area (Å²) in [4.78, 5) is 13.8. The second kappa shape index (κ2) is 5.08. The Hall–Kier alpha value is -0.770. The van der Waals surface area contributed by atoms with Crippen LogP contribution in [-0.4, -0.2) is 36.2 Å². The van der Waals surface area contributed by atoms with Gasteiger partial charge in [0.05, 0.1) is 0 Å². The zero-order valence-electron chi connectivity index (χ0n) is 11.8. The van der Waals surface area contributed by atoms with Gasteiger partial charge in [-0.2, -0.15) is 0 Å². The van der Waals surface area contributed by atoms with Crippen LogP contribution in [0.1, 0.15) is 40.0 Å². The smallest absolute Gasteiger partial charge is 0.410 e. The second-order valence-electron chi connectivity index (χ2n) is 6.70. The van der Waals surface area contributed by atoms with Crippen LogP contribution in [0.5, 0.6) is 0 Å². The minimum atomic E-state index is -0.394. The molecule has 0 unspecified atom stereocenters. The predicted molar refractivity (Wildman–Crippen MR) is 71.2 cm³/mol. The van der Waals surface area contributed by atoms with Crippen LogP contribution >= 0.6 is 0 Å². The van der Waals surface area contributed by atoms with Crippen molar-refractivity contribution < 1.29 is 9.53 Å². The van der Waals surface area contributed by atoms with Crippen LogP contribution in [0.4, 0.5) is 4.79 Å². The highest BCUT2D eigenvalue weighted by molar-refractivity contribution is 5.68. The molecule has 0 radical (unpaired) electrons. The van der Waals surface area contributed by atoms with E-state index in [2.05, 4.69) is 0 Å². The molecule has 1 aliphatic heterocycles. The lowest BCUT2D eigenvalue weighted by molar-refractivity contribution is 0.0174. The molecule has 0 aromatic rings. The average molecular weight is 254 g/mol. The molecule has 2 N–H and O–H groups in total. The van der Waals surface area contributed by atoms with Crippen molar-refractivity contribution in [1.82, 2.24) is 4.90 Å². The molecule has 1 aliphatic carbocycles. The molecule has 1 amide bonds. The molecule has 2 atom stereocenters. The highest BCUT2D eigenvalue weighted by Crippen LogP contribution is 2.47. The van der Waals surface area contributed by atoms with Crippen molar-refractivity contribution in [3.63, 3.8) is 0 Å². The summed E-state index contributed by atoms with van der Waals surface area (Å²) in [7, 11) is 0. The number of nitrogens with two attached hydrogens (primary N) is 1. The van der Waals surface area contributed by atoms with E-state index in [-0.39, 0.29) is 6.09 Å². The van der Waals surface area contributed by atoms with Gasteiger partial charge in [0, 0.05) is 13.1 Å². The van der Waals surface area contributed by atoms with E-state index in [0.717, 1.165) is 50.2 Å². The van der Waals surface area contributed by atoms with E-state index in [1.165, 1.54) is 6.42 Å². The van der Waals surface area contributed by atoms with E-state index in [4.69, 9.17) is 10.5 Å². The minimum absolute atomic E-state index is 0.160. The maximum absolute atomic E-state index is 11.9. The second-order valence-corrected chi connectivity index (χ2v) is 6.70. The number of likely N-dealkylation sites (tertiary alicyclic amines) is 1. The van der Waals surface area contributed by atoms with Crippen molar-refractivity contribution in [2.24, 2.45) is 23.5 Å². The lowest BCUT2D eigenvalue weighted by Crippen LogP contribution is -2.42. The van der Waals surface area contributed by atoms with E-state index in [0.29, 0.717) is 0 Å². The number of hydrogen-bond acceptors (Lipinski definition) is 3. The van der Waals surface area contributed by atoms with E-state index >= 15 is 0 Å². The van der Waals surface area contributed by atoms with Crippen molar-refractivity contribution in [3.8, 4) is 0 Å². The summed E-state index contributed by atoms with van der Waals surface area (Å²) in [5.74, 6) is 2.36. The molecule has 0 spiro atoms. The number of rotatable bonds is 2. The maximum atomic E-state index is 11.9. The molecular weight excluding hydrogens is 228 g/mol. The number of carbonyl (C=O) groups is 1. The van der Waals surface area contributed by atoms with Crippen LogP contribution in [0, 0.1) is 17.8 Å². The van der Waals surface area contributed by atoms with Gasteiger partial charge in [-0.05, 0) is 64.3 Å². The molecule has 1 saturated carbocycles. The average Bonchev–Trinajstić information content (AvgIpc) is 3.06. The maximum Gasteiger partial charge on any atom is 0.410 e. The van der Waals surface area contributed by atoms with Crippen LogP contribution in [0.3, 0.4) is 0 Å². The fraction of sp³-hybridized carbons (Fsp3) is 0.929. The Bertz CT molecular complexity index is 303. The highest BCUT2D eigenvalue weighted by atomic mass is 16.6. The zero-order valence-corrected chi connectivity index (χ0v) is 11.8. The topological polar surface area (TPSA) is 55.6 Å². The van der Waals surface area contributed by atoms with Gasteiger partial charge in [0.15, 0.2) is 0 Å². The van der Waals surface area contributed by atoms with E-state index in [1.807, 2.05) is 25.7 Å². The zero-order chi connectivity index (χ0) is 13.3. The first-order chi connectivity index (χ1) is 8.40. The fourth-order valence-corrected chi connectivity index (χ4v) is 2.96. The third-order valence-electron chi connectivity index (χ3n) is 4.08. The molecule has 4 nitrogen and oxygen atoms in total. The highest BCUT2D eigenvalue weighted by Gasteiger charge is 2.43. The van der Waals surface area contributed by atoms with Gasteiger partial charge >= 0.3 is 6.09 Å². The molecule has 4 heteroatoms. The Morgan fingerprint density at radius 1 is 1.33 bits per heavy atom. The first-order valence-electron chi connectivity index (χ1n) is 7.08. The molecule has 0 aromatic carbocycles. The van der Waals surface area contributed by atoms with Crippen LogP contribution in [0.2, 0.25) is 0 Å². The fourth-order valence-electron chi connectivity index (χ4n) is 2.96. The number of ether oxygens (including phenoxy) is 1. The summed E-state index contributed by atoms with van der Waals surface area (Å²) in [6.45, 7) is 8.24. The van der Waals surface area contributed by atoms with Gasteiger partial charge in [0.25, 0.3) is 0 Å². The summed E-state index contributed by atoms with van der Waals surface area (Å²) in [5.41, 5.74) is 5.30. The summed E-state index contributed by atoms with van der Waals surface area (Å²) < 4.78 is 5.40. The van der Waals surface area contributed by atoms with Gasteiger partial charge in [-0.25, -0.2) is 4.79 Å². The predicted octanol–water partition coefficient (Wildman–Crippen LogP) is 2.23. The van der Waals surface area contributed by atoms with Crippen molar-refractivity contribution in [1.29, 1.82) is 0 Å². The molecule has 2 rings (SSSR count). The van der Waals surface area contributed by atoms with Gasteiger partial charge in [-0.15, -0.1) is 0 Å². The Balaban J connectivity index is 1.75. The van der Waals surface area contributed by atoms with Crippen LogP contribution in [0.15, 0.2) is 0 Å². The largest absolute Gasteiger partial charge is 0.444 e. The minimum Gasteiger partial charge on any atom is -0.444 e. The molecule has 0 bridgehead atoms. The molecule has 1 heterocycles. The number of hydrogen-bond donors (Lipinski definition) is 1. The number of carbonyl (C=O) groups excluding carboxylic acids is 1. The van der Waals surface area contributed by atoms with Crippen LogP contribution < -0.4 is 5.73 Å². The molecule has 18 heavy (non-hydrogen) atoms. The summed E-state index contributed by atoms with van der Waals surface area (Å²) in [6.07, 6.45) is 3.36. The molecule has 0 aromatic heterocycles. The first kappa shape index (κ1) is 13.7. The lowest BCUT2D eigenvalue weighted by atomic mass is 9.91. The Labute approximate surface area is 110 Å². The van der Waals surface area contributed by atoms with E-state index in [9.17, 15) is 4.79 Å². The van der Waals surface area contributed by atoms with Crippen LogP contribution in [-0.2, 0) is 4.74 Å². The van der Waals surface area contributed by atoms with E-state index < -0.39 is 5.60 Å². The number of nitrogens with zero attached hydrogens (tertiary/aromatic N) is 1. The Kier molecular flexibility index (Phi) is 3.85. The molecule has 104 valence electrons. The third-order valence-corrected chi connectivity index (χ3v) is 4.08. The normalized spacial score (nSPS) is 29.2. The van der Waals surface area contributed by atoms with Gasteiger partial charge in [-0.1, -0.05) is 0 Å². The Morgan fingerprint density at radius 2 is 1.94 bits per heavy atom. The number of piperidine rings is 1. The van der Waals surface area contributed by atoms with Gasteiger partial charge in [0.2, 0.25) is 0 Å². The molecule has 1 saturated heterocycles. The van der Waals surface area contributed by atoms with Gasteiger partial charge in [-0.3, -0.25) is 0 Å². The quantitative estimate of drug-likeness (QED) is 0.822. The summed E-state index contributed by atoms with van der Waals surface area (Å²) in [5, 5.41) is 0. The Morgan fingerprint density at radius 3 is 2.39 bits per heavy atom. The number of amides is 1. The first-order valence-corrected chi connectivity index (χ1v) is 7.08. The SMILES string of the molecule is CC(C)(C)OC(=O)N1CCC([C@@H]2C[C@H]2CN)CC1. The molecule has 2 aliphatic rings. The van der Waals surface area contributed by atoms with Gasteiger partial charge < -0.3 is 15.4 Å². The molecular formula is C14H26N2O2. The standard InChI is InChI=1S/C14H26N2O2/c1-14(2,3)18-13(17)16-6-4-10(5-7-16)12-8-11(12)9-15/h10-12H,4-9,15H2,1-3H3/t11-,12-/m0/s1. The summed E-state index contributed by atoms with van der Waals surface area (Å²) >= 11 is 0. The third kappa shape index (κ3) is 3.37. The van der Waals surface area contributed by atoms with Crippen molar-refractivity contribution in [3.05, 3.63) is 0 Å².